The molecule has 0 bridgehead atoms. The smallest absolute Gasteiger partial charge is 0.668 e. The Bertz CT molecular complexity index is 1040. The van der Waals surface area contributed by atoms with Crippen molar-refractivity contribution in [3.63, 3.8) is 0 Å². The number of aliphatic hydroxyl groups is 2. The zero-order valence-corrected chi connectivity index (χ0v) is 28.9. The molecule has 0 aliphatic carbocycles. The van der Waals surface area contributed by atoms with Crippen LogP contribution in [-0.2, 0) is 26.2 Å². The Morgan fingerprint density at radius 3 is 1.02 bits per heavy atom. The molecule has 7 heteroatoms. The second-order valence-corrected chi connectivity index (χ2v) is 11.5. The van der Waals surface area contributed by atoms with Gasteiger partial charge in [0.2, 0.25) is 0 Å². The van der Waals surface area contributed by atoms with Gasteiger partial charge in [0, 0.05) is 12.5 Å². The third-order valence-electron chi connectivity index (χ3n) is 5.67. The Kier molecular flexibility index (Phi) is 18.0. The molecule has 0 saturated heterocycles. The summed E-state index contributed by atoms with van der Waals surface area (Å²) in [5.74, 6) is 0. The standard InChI is InChI=1S/2C15H18NO.2C2H6N.Zr/c2*1-15(2,3)13-10-9-12(14(17)16-13)11-7-5-4-6-8-11;2*1-3-2;/h2*4-10,14,17H,1-3H3;2*1-2H3;/q4*-1;+4. The van der Waals surface area contributed by atoms with Gasteiger partial charge < -0.3 is 31.5 Å². The molecule has 0 spiro atoms. The van der Waals surface area contributed by atoms with Crippen molar-refractivity contribution in [2.75, 3.05) is 28.2 Å². The van der Waals surface area contributed by atoms with E-state index in [9.17, 15) is 10.2 Å². The zero-order valence-electron chi connectivity index (χ0n) is 26.4. The summed E-state index contributed by atoms with van der Waals surface area (Å²) in [7, 11) is 7.00. The van der Waals surface area contributed by atoms with Gasteiger partial charge in [-0.1, -0.05) is 127 Å². The van der Waals surface area contributed by atoms with Gasteiger partial charge in [0.25, 0.3) is 0 Å². The second-order valence-electron chi connectivity index (χ2n) is 11.5. The number of hydrogen-bond donors (Lipinski definition) is 2. The summed E-state index contributed by atoms with van der Waals surface area (Å²) in [6.07, 6.45) is 6.42. The van der Waals surface area contributed by atoms with Crippen LogP contribution in [0.3, 0.4) is 0 Å². The first-order chi connectivity index (χ1) is 18.8. The third-order valence-corrected chi connectivity index (χ3v) is 5.67. The van der Waals surface area contributed by atoms with Gasteiger partial charge in [-0.3, -0.25) is 0 Å². The fourth-order valence-corrected chi connectivity index (χ4v) is 3.64. The maximum Gasteiger partial charge on any atom is 4.00 e. The molecule has 2 atom stereocenters. The number of hydrogen-bond acceptors (Lipinski definition) is 2. The van der Waals surface area contributed by atoms with E-state index in [0.29, 0.717) is 0 Å². The van der Waals surface area contributed by atoms with Gasteiger partial charge in [-0.15, -0.1) is 0 Å². The molecule has 2 aromatic carbocycles. The van der Waals surface area contributed by atoms with Crippen LogP contribution in [-0.4, -0.2) is 50.9 Å². The van der Waals surface area contributed by atoms with Crippen LogP contribution in [0.5, 0.6) is 0 Å². The van der Waals surface area contributed by atoms with Crippen LogP contribution < -0.4 is 0 Å². The number of benzene rings is 2. The summed E-state index contributed by atoms with van der Waals surface area (Å²) in [5, 5.41) is 35.9. The average molecular weight is 636 g/mol. The molecule has 0 aromatic heterocycles. The van der Waals surface area contributed by atoms with Gasteiger partial charge in [0.05, 0.1) is 0 Å². The molecule has 2 aliphatic rings. The van der Waals surface area contributed by atoms with E-state index in [1.165, 1.54) is 0 Å². The molecule has 0 amide bonds. The molecular weight excluding hydrogens is 588 g/mol. The summed E-state index contributed by atoms with van der Waals surface area (Å²) in [6.45, 7) is 12.6. The quantitative estimate of drug-likeness (QED) is 0.345. The first-order valence-electron chi connectivity index (χ1n) is 13.5. The monoisotopic (exact) mass is 634 g/mol. The predicted molar refractivity (Wildman–Crippen MR) is 173 cm³/mol. The molecule has 2 heterocycles. The van der Waals surface area contributed by atoms with Crippen molar-refractivity contribution in [3.05, 3.63) is 129 Å². The molecule has 2 aromatic rings. The molecule has 6 nitrogen and oxygen atoms in total. The average Bonchev–Trinajstić information content (AvgIpc) is 2.90. The first-order valence-corrected chi connectivity index (χ1v) is 13.5. The Balaban J connectivity index is 0.000000642. The van der Waals surface area contributed by atoms with E-state index in [2.05, 4.69) is 62.8 Å². The van der Waals surface area contributed by atoms with Crippen LogP contribution in [0.2, 0.25) is 0 Å². The van der Waals surface area contributed by atoms with E-state index in [1.54, 1.807) is 28.2 Å². The molecule has 0 radical (unpaired) electrons. The summed E-state index contributed by atoms with van der Waals surface area (Å²) in [6, 6.07) is 19.7. The molecular formula is C34H48N4O2Zr. The molecule has 4 rings (SSSR count). The van der Waals surface area contributed by atoms with E-state index < -0.39 is 12.5 Å². The Morgan fingerprint density at radius 2 is 0.805 bits per heavy atom. The first kappa shape index (κ1) is 38.7. The van der Waals surface area contributed by atoms with E-state index in [0.717, 1.165) is 33.7 Å². The van der Waals surface area contributed by atoms with Crippen molar-refractivity contribution in [1.82, 2.24) is 0 Å². The minimum absolute atomic E-state index is 0. The minimum Gasteiger partial charge on any atom is -0.668 e. The Morgan fingerprint density at radius 1 is 0.537 bits per heavy atom. The van der Waals surface area contributed by atoms with Gasteiger partial charge >= 0.3 is 26.2 Å². The van der Waals surface area contributed by atoms with Crippen LogP contribution in [0.25, 0.3) is 32.4 Å². The maximum atomic E-state index is 10.1. The van der Waals surface area contributed by atoms with Crippen LogP contribution in [0.1, 0.15) is 52.7 Å². The topological polar surface area (TPSA) is 96.9 Å². The van der Waals surface area contributed by atoms with Gasteiger partial charge in [0.1, 0.15) is 0 Å². The van der Waals surface area contributed by atoms with E-state index in [4.69, 9.17) is 0 Å². The number of rotatable bonds is 2. The van der Waals surface area contributed by atoms with E-state index in [-0.39, 0.29) is 37.0 Å². The number of allylic oxidation sites excluding steroid dienone is 6. The largest absolute Gasteiger partial charge is 4.00 e. The Labute approximate surface area is 268 Å². The molecule has 0 saturated carbocycles. The molecule has 2 N–H and O–H groups in total. The van der Waals surface area contributed by atoms with Crippen molar-refractivity contribution >= 4 is 11.1 Å². The van der Waals surface area contributed by atoms with Crippen LogP contribution in [0, 0.1) is 10.8 Å². The minimum atomic E-state index is -0.753. The molecule has 2 unspecified atom stereocenters. The summed E-state index contributed by atoms with van der Waals surface area (Å²) >= 11 is 0. The predicted octanol–water partition coefficient (Wildman–Crippen LogP) is 8.65. The van der Waals surface area contributed by atoms with Crippen molar-refractivity contribution in [1.29, 1.82) is 0 Å². The molecule has 2 aliphatic heterocycles. The molecule has 0 fully saturated rings. The fourth-order valence-electron chi connectivity index (χ4n) is 3.64. The normalized spacial score (nSPS) is 17.8. The number of aliphatic hydroxyl groups excluding tert-OH is 2. The third kappa shape index (κ3) is 13.5. The van der Waals surface area contributed by atoms with Crippen molar-refractivity contribution in [2.24, 2.45) is 10.8 Å². The van der Waals surface area contributed by atoms with E-state index >= 15 is 0 Å². The van der Waals surface area contributed by atoms with Gasteiger partial charge in [-0.25, -0.2) is 0 Å². The van der Waals surface area contributed by atoms with Gasteiger partial charge in [-0.05, 0) is 33.1 Å². The van der Waals surface area contributed by atoms with E-state index in [1.807, 2.05) is 85.0 Å². The van der Waals surface area contributed by atoms with Crippen molar-refractivity contribution in [3.8, 4) is 0 Å². The zero-order chi connectivity index (χ0) is 30.3. The molecule has 41 heavy (non-hydrogen) atoms. The Hall–Kier alpha value is -2.28. The summed E-state index contributed by atoms with van der Waals surface area (Å²) in [4.78, 5) is 0. The fraction of sp³-hybridized carbons (Fsp3) is 0.412. The number of nitrogens with zero attached hydrogens (tertiary/aromatic N) is 4. The van der Waals surface area contributed by atoms with Crippen molar-refractivity contribution < 1.29 is 36.4 Å². The van der Waals surface area contributed by atoms with Gasteiger partial charge in [0.15, 0.2) is 0 Å². The SMILES string of the molecule is CC(C)(C)C1=CC=C(c2ccccc2)C(O)[N-]1.CC(C)(C)C1=CC=C(c2ccccc2)C(O)[N-]1.C[N-]C.C[N-]C.[Zr+4]. The van der Waals surface area contributed by atoms with Crippen LogP contribution >= 0.6 is 0 Å². The molecule has 220 valence electrons. The van der Waals surface area contributed by atoms with Crippen LogP contribution in [0.4, 0.5) is 0 Å². The van der Waals surface area contributed by atoms with Gasteiger partial charge in [-0.2, -0.15) is 39.6 Å². The summed E-state index contributed by atoms with van der Waals surface area (Å²) in [5.41, 5.74) is 5.58. The van der Waals surface area contributed by atoms with Crippen molar-refractivity contribution in [2.45, 2.75) is 54.0 Å². The van der Waals surface area contributed by atoms with Crippen LogP contribution in [0.15, 0.2) is 96.4 Å². The summed E-state index contributed by atoms with van der Waals surface area (Å²) < 4.78 is 0. The maximum absolute atomic E-state index is 10.1. The second kappa shape index (κ2) is 19.0.